The van der Waals surface area contributed by atoms with Crippen molar-refractivity contribution in [3.05, 3.63) is 41.5 Å². The number of halogens is 1. The minimum absolute atomic E-state index is 0.429. The van der Waals surface area contributed by atoms with Crippen molar-refractivity contribution in [1.82, 2.24) is 4.98 Å². The van der Waals surface area contributed by atoms with Crippen LogP contribution in [0.15, 0.2) is 33.9 Å². The van der Waals surface area contributed by atoms with Gasteiger partial charge in [0, 0.05) is 17.5 Å². The summed E-state index contributed by atoms with van der Waals surface area (Å²) in [6.45, 7) is 1.19. The van der Waals surface area contributed by atoms with Crippen LogP contribution in [0.2, 0.25) is 0 Å². The van der Waals surface area contributed by atoms with Crippen LogP contribution in [0, 0.1) is 0 Å². The molecule has 0 radical (unpaired) electrons. The Morgan fingerprint density at radius 2 is 2.42 bits per heavy atom. The Hall–Kier alpha value is -1.72. The lowest BCUT2D eigenvalue weighted by molar-refractivity contribution is 0.498. The van der Waals surface area contributed by atoms with E-state index in [2.05, 4.69) is 16.0 Å². The van der Waals surface area contributed by atoms with E-state index in [0.717, 1.165) is 29.3 Å². The molecule has 0 bridgehead atoms. The largest absolute Gasteiger partial charge is 0.467 e. The Bertz CT molecular complexity index is 575. The number of hydrogen-bond acceptors (Lipinski definition) is 4. The second-order valence-electron chi connectivity index (χ2n) is 4.43. The summed E-state index contributed by atoms with van der Waals surface area (Å²) in [7, 11) is 0. The maximum atomic E-state index is 6.26. The van der Waals surface area contributed by atoms with Gasteiger partial charge in [0.1, 0.15) is 11.6 Å². The Morgan fingerprint density at radius 1 is 1.53 bits per heavy atom. The normalized spacial score (nSPS) is 17.8. The van der Waals surface area contributed by atoms with Crippen LogP contribution in [0.4, 0.5) is 5.82 Å². The number of nitrogens with zero attached hydrogens (tertiary/aromatic N) is 2. The molecule has 1 aliphatic heterocycles. The summed E-state index contributed by atoms with van der Waals surface area (Å²) in [5.41, 5.74) is 7.28. The first kappa shape index (κ1) is 12.3. The van der Waals surface area contributed by atoms with Crippen LogP contribution in [-0.4, -0.2) is 23.4 Å². The van der Waals surface area contributed by atoms with Gasteiger partial charge < -0.3 is 20.0 Å². The van der Waals surface area contributed by atoms with E-state index < -0.39 is 5.62 Å². The minimum Gasteiger partial charge on any atom is -0.467 e. The van der Waals surface area contributed by atoms with Crippen molar-refractivity contribution in [3.8, 4) is 0 Å². The number of aromatic nitrogens is 1. The number of nitrogens with two attached hydrogens (primary N) is 1. The van der Waals surface area contributed by atoms with E-state index in [1.807, 2.05) is 17.0 Å². The average molecular weight is 279 g/mol. The molecule has 0 fully saturated rings. The lowest BCUT2D eigenvalue weighted by Crippen LogP contribution is -2.32. The minimum atomic E-state index is -0.429. The van der Waals surface area contributed by atoms with E-state index in [4.69, 9.17) is 21.8 Å². The number of hydrogen-bond donors (Lipinski definition) is 2. The smallest absolute Gasteiger partial charge is 0.199 e. The Morgan fingerprint density at radius 3 is 3.16 bits per heavy atom. The molecule has 3 heterocycles. The van der Waals surface area contributed by atoms with Crippen molar-refractivity contribution in [2.24, 2.45) is 10.7 Å². The van der Waals surface area contributed by atoms with Gasteiger partial charge in [0.05, 0.1) is 12.8 Å². The molecule has 19 heavy (non-hydrogen) atoms. The van der Waals surface area contributed by atoms with Gasteiger partial charge in [-0.3, -0.25) is 4.99 Å². The van der Waals surface area contributed by atoms with Gasteiger partial charge in [0.2, 0.25) is 0 Å². The fourth-order valence-corrected chi connectivity index (χ4v) is 2.42. The first-order valence-corrected chi connectivity index (χ1v) is 6.60. The molecule has 0 saturated carbocycles. The molecule has 0 amide bonds. The Labute approximate surface area is 116 Å². The van der Waals surface area contributed by atoms with Crippen molar-refractivity contribution in [2.75, 3.05) is 11.4 Å². The van der Waals surface area contributed by atoms with Crippen LogP contribution in [-0.2, 0) is 13.0 Å². The Balaban J connectivity index is 1.90. The van der Waals surface area contributed by atoms with Gasteiger partial charge in [0.25, 0.3) is 0 Å². The monoisotopic (exact) mass is 278 g/mol. The molecule has 3 rings (SSSR count). The third kappa shape index (κ3) is 2.39. The molecule has 0 aliphatic carbocycles. The van der Waals surface area contributed by atoms with Crippen LogP contribution >= 0.6 is 11.6 Å². The molecule has 2 aromatic rings. The molecule has 1 unspecified atom stereocenters. The summed E-state index contributed by atoms with van der Waals surface area (Å²) in [4.78, 5) is 9.60. The van der Waals surface area contributed by atoms with Crippen molar-refractivity contribution in [1.29, 1.82) is 0 Å². The maximum absolute atomic E-state index is 6.26. The average Bonchev–Trinajstić information content (AvgIpc) is 3.02. The zero-order valence-corrected chi connectivity index (χ0v) is 11.1. The van der Waals surface area contributed by atoms with Gasteiger partial charge in [0.15, 0.2) is 5.62 Å². The van der Waals surface area contributed by atoms with Gasteiger partial charge in [-0.25, -0.2) is 0 Å². The lowest BCUT2D eigenvalue weighted by atomic mass is 10.2. The molecule has 100 valence electrons. The van der Waals surface area contributed by atoms with Crippen molar-refractivity contribution in [3.63, 3.8) is 0 Å². The van der Waals surface area contributed by atoms with E-state index in [0.29, 0.717) is 13.1 Å². The zero-order valence-electron chi connectivity index (χ0n) is 10.3. The standard InChI is InChI=1S/C13H15ClN4O/c14-13-16-7-9-6-10(3-4-15)17-12(9)18(13)8-11-2-1-5-19-11/h1-2,5-7,13,17H,3-4,8,15H2. The van der Waals surface area contributed by atoms with Gasteiger partial charge >= 0.3 is 0 Å². The molecular weight excluding hydrogens is 264 g/mol. The van der Waals surface area contributed by atoms with Gasteiger partial charge in [-0.2, -0.15) is 0 Å². The molecular formula is C13H15ClN4O. The lowest BCUT2D eigenvalue weighted by Gasteiger charge is -2.28. The molecule has 5 nitrogen and oxygen atoms in total. The molecule has 3 N–H and O–H groups in total. The molecule has 0 spiro atoms. The SMILES string of the molecule is NCCc1cc2c([nH]1)N(Cc1ccco1)C(Cl)N=C2. The first-order valence-electron chi connectivity index (χ1n) is 6.16. The number of alkyl halides is 1. The van der Waals surface area contributed by atoms with E-state index in [1.165, 1.54) is 0 Å². The Kier molecular flexibility index (Phi) is 3.31. The predicted molar refractivity (Wildman–Crippen MR) is 75.7 cm³/mol. The fraction of sp³-hybridized carbons (Fsp3) is 0.308. The molecule has 0 saturated heterocycles. The van der Waals surface area contributed by atoms with Crippen LogP contribution < -0.4 is 10.6 Å². The number of aromatic amines is 1. The second-order valence-corrected chi connectivity index (χ2v) is 4.82. The van der Waals surface area contributed by atoms with Crippen LogP contribution in [0.3, 0.4) is 0 Å². The predicted octanol–water partition coefficient (Wildman–Crippen LogP) is 2.07. The number of nitrogens with one attached hydrogen (secondary N) is 1. The third-order valence-electron chi connectivity index (χ3n) is 3.08. The summed E-state index contributed by atoms with van der Waals surface area (Å²) >= 11 is 6.26. The number of anilines is 1. The summed E-state index contributed by atoms with van der Waals surface area (Å²) < 4.78 is 5.37. The van der Waals surface area contributed by atoms with E-state index in [9.17, 15) is 0 Å². The summed E-state index contributed by atoms with van der Waals surface area (Å²) in [6.07, 6.45) is 4.26. The number of rotatable bonds is 4. The number of fused-ring (bicyclic) bond motifs is 1. The molecule has 6 heteroatoms. The fourth-order valence-electron chi connectivity index (χ4n) is 2.20. The van der Waals surface area contributed by atoms with Crippen LogP contribution in [0.1, 0.15) is 17.0 Å². The topological polar surface area (TPSA) is 70.6 Å². The van der Waals surface area contributed by atoms with Crippen molar-refractivity contribution in [2.45, 2.75) is 18.6 Å². The first-order chi connectivity index (χ1) is 9.28. The van der Waals surface area contributed by atoms with Gasteiger partial charge in [-0.05, 0) is 31.2 Å². The van der Waals surface area contributed by atoms with Crippen molar-refractivity contribution >= 4 is 23.6 Å². The quantitative estimate of drug-likeness (QED) is 0.664. The van der Waals surface area contributed by atoms with Gasteiger partial charge in [-0.1, -0.05) is 11.6 Å². The second kappa shape index (κ2) is 5.11. The van der Waals surface area contributed by atoms with Gasteiger partial charge in [-0.15, -0.1) is 0 Å². The molecule has 2 aromatic heterocycles. The number of furan rings is 1. The van der Waals surface area contributed by atoms with E-state index in [-0.39, 0.29) is 0 Å². The molecule has 1 aliphatic rings. The van der Waals surface area contributed by atoms with Crippen LogP contribution in [0.5, 0.6) is 0 Å². The summed E-state index contributed by atoms with van der Waals surface area (Å²) in [6, 6.07) is 5.84. The van der Waals surface area contributed by atoms with Crippen molar-refractivity contribution < 1.29 is 4.42 Å². The van der Waals surface area contributed by atoms with Crippen LogP contribution in [0.25, 0.3) is 0 Å². The highest BCUT2D eigenvalue weighted by Gasteiger charge is 2.24. The summed E-state index contributed by atoms with van der Waals surface area (Å²) in [5.74, 6) is 1.82. The maximum Gasteiger partial charge on any atom is 0.199 e. The number of H-pyrrole nitrogens is 1. The molecule has 1 atom stereocenters. The number of aliphatic imine (C=N–C) groups is 1. The zero-order chi connectivity index (χ0) is 13.2. The third-order valence-corrected chi connectivity index (χ3v) is 3.43. The highest BCUT2D eigenvalue weighted by atomic mass is 35.5. The van der Waals surface area contributed by atoms with E-state index >= 15 is 0 Å². The highest BCUT2D eigenvalue weighted by Crippen LogP contribution is 2.29. The van der Waals surface area contributed by atoms with E-state index in [1.54, 1.807) is 12.5 Å². The highest BCUT2D eigenvalue weighted by molar-refractivity contribution is 6.22. The summed E-state index contributed by atoms with van der Waals surface area (Å²) in [5, 5.41) is 0. The molecule has 0 aromatic carbocycles.